The number of hydrogen-bond acceptors (Lipinski definition) is 2. The molecule has 5 nitrogen and oxygen atoms in total. The number of carbonyl (C=O) groups excluding carboxylic acids is 1. The van der Waals surface area contributed by atoms with Gasteiger partial charge < -0.3 is 14.9 Å². The zero-order valence-electron chi connectivity index (χ0n) is 10.9. The zero-order chi connectivity index (χ0) is 13.1. The van der Waals surface area contributed by atoms with Gasteiger partial charge in [-0.1, -0.05) is 0 Å². The molecule has 0 aromatic carbocycles. The highest BCUT2D eigenvalue weighted by Crippen LogP contribution is 2.16. The van der Waals surface area contributed by atoms with E-state index >= 15 is 0 Å². The van der Waals surface area contributed by atoms with Crippen LogP contribution in [0.25, 0.3) is 0 Å². The molecular weight excluding hydrogens is 208 g/mol. The second kappa shape index (κ2) is 5.18. The summed E-state index contributed by atoms with van der Waals surface area (Å²) in [6.45, 7) is 8.96. The van der Waals surface area contributed by atoms with Crippen LogP contribution in [-0.2, 0) is 4.79 Å². The molecule has 5 heteroatoms. The number of carboxylic acids is 1. The first-order valence-corrected chi connectivity index (χ1v) is 5.33. The number of hydrogen-bond donors (Lipinski definition) is 1. The minimum Gasteiger partial charge on any atom is -0.480 e. The van der Waals surface area contributed by atoms with E-state index in [0.29, 0.717) is 0 Å². The highest BCUT2D eigenvalue weighted by molar-refractivity contribution is 5.80. The second-order valence-corrected chi connectivity index (χ2v) is 5.14. The van der Waals surface area contributed by atoms with Crippen LogP contribution >= 0.6 is 0 Å². The van der Waals surface area contributed by atoms with Crippen molar-refractivity contribution in [3.8, 4) is 0 Å². The van der Waals surface area contributed by atoms with Crippen molar-refractivity contribution in [2.75, 3.05) is 13.6 Å². The molecule has 0 aromatic rings. The molecule has 0 aliphatic rings. The van der Waals surface area contributed by atoms with E-state index in [0.717, 1.165) is 0 Å². The van der Waals surface area contributed by atoms with Crippen LogP contribution in [0.3, 0.4) is 0 Å². The fourth-order valence-electron chi connectivity index (χ4n) is 1.14. The number of carbonyl (C=O) groups is 2. The van der Waals surface area contributed by atoms with E-state index in [2.05, 4.69) is 0 Å². The highest BCUT2D eigenvalue weighted by atomic mass is 16.4. The Kier molecular flexibility index (Phi) is 4.78. The van der Waals surface area contributed by atoms with E-state index in [1.807, 2.05) is 34.6 Å². The van der Waals surface area contributed by atoms with Crippen molar-refractivity contribution in [2.45, 2.75) is 46.2 Å². The number of rotatable bonds is 3. The van der Waals surface area contributed by atoms with Gasteiger partial charge in [-0.3, -0.25) is 4.79 Å². The molecule has 0 radical (unpaired) electrons. The summed E-state index contributed by atoms with van der Waals surface area (Å²) in [5.41, 5.74) is -0.501. The van der Waals surface area contributed by atoms with Crippen LogP contribution in [0.2, 0.25) is 0 Å². The first-order chi connectivity index (χ1) is 7.07. The molecule has 0 bridgehead atoms. The first-order valence-electron chi connectivity index (χ1n) is 5.33. The van der Waals surface area contributed by atoms with Crippen LogP contribution in [0.4, 0.5) is 4.79 Å². The summed E-state index contributed by atoms with van der Waals surface area (Å²) in [5, 5.41) is 8.80. The molecule has 2 amide bonds. The maximum Gasteiger partial charge on any atom is 0.323 e. The minimum absolute atomic E-state index is 0.0474. The third-order valence-electron chi connectivity index (χ3n) is 2.41. The molecule has 1 N–H and O–H groups in total. The Bertz CT molecular complexity index is 269. The first kappa shape index (κ1) is 14.7. The van der Waals surface area contributed by atoms with Gasteiger partial charge in [0, 0.05) is 18.6 Å². The Labute approximate surface area is 97.0 Å². The Hall–Kier alpha value is -1.26. The van der Waals surface area contributed by atoms with Gasteiger partial charge >= 0.3 is 12.0 Å². The second-order valence-electron chi connectivity index (χ2n) is 5.14. The van der Waals surface area contributed by atoms with Crippen LogP contribution < -0.4 is 0 Å². The number of nitrogens with zero attached hydrogens (tertiary/aromatic N) is 2. The van der Waals surface area contributed by atoms with Crippen molar-refractivity contribution in [1.29, 1.82) is 0 Å². The molecule has 0 saturated heterocycles. The van der Waals surface area contributed by atoms with Gasteiger partial charge in [0.25, 0.3) is 0 Å². The van der Waals surface area contributed by atoms with Gasteiger partial charge in [0.1, 0.15) is 6.54 Å². The smallest absolute Gasteiger partial charge is 0.323 e. The molecule has 94 valence electrons. The van der Waals surface area contributed by atoms with E-state index in [1.165, 1.54) is 9.80 Å². The minimum atomic E-state index is -1.000. The molecule has 0 heterocycles. The Balaban J connectivity index is 4.91. The quantitative estimate of drug-likeness (QED) is 0.801. The molecule has 0 aliphatic carbocycles. The van der Waals surface area contributed by atoms with Crippen molar-refractivity contribution in [3.05, 3.63) is 0 Å². The Morgan fingerprint density at radius 3 is 1.94 bits per heavy atom. The molecule has 0 fully saturated rings. The standard InChI is InChI=1S/C11H22N2O3/c1-8(2)12(6)10(16)13(7-9(14)15)11(3,4)5/h8H,7H2,1-6H3,(H,14,15). The van der Waals surface area contributed by atoms with Crippen LogP contribution in [0.1, 0.15) is 34.6 Å². The fraction of sp³-hybridized carbons (Fsp3) is 0.818. The van der Waals surface area contributed by atoms with Crippen LogP contribution in [0, 0.1) is 0 Å². The van der Waals surface area contributed by atoms with Gasteiger partial charge in [-0.15, -0.1) is 0 Å². The summed E-state index contributed by atoms with van der Waals surface area (Å²) in [4.78, 5) is 25.7. The van der Waals surface area contributed by atoms with Crippen molar-refractivity contribution >= 4 is 12.0 Å². The molecule has 0 atom stereocenters. The van der Waals surface area contributed by atoms with E-state index < -0.39 is 11.5 Å². The van der Waals surface area contributed by atoms with E-state index in [1.54, 1.807) is 7.05 Å². The maximum absolute atomic E-state index is 12.1. The van der Waals surface area contributed by atoms with Gasteiger partial charge in [-0.2, -0.15) is 0 Å². The van der Waals surface area contributed by atoms with E-state index in [9.17, 15) is 9.59 Å². The van der Waals surface area contributed by atoms with Crippen molar-refractivity contribution in [1.82, 2.24) is 9.80 Å². The number of amides is 2. The van der Waals surface area contributed by atoms with Gasteiger partial charge in [-0.05, 0) is 34.6 Å². The molecule has 16 heavy (non-hydrogen) atoms. The van der Waals surface area contributed by atoms with Crippen molar-refractivity contribution in [3.63, 3.8) is 0 Å². The van der Waals surface area contributed by atoms with E-state index in [-0.39, 0.29) is 18.6 Å². The average molecular weight is 230 g/mol. The predicted molar refractivity (Wildman–Crippen MR) is 62.4 cm³/mol. The SMILES string of the molecule is CC(C)N(C)C(=O)N(CC(=O)O)C(C)(C)C. The van der Waals surface area contributed by atoms with Gasteiger partial charge in [0.2, 0.25) is 0 Å². The topological polar surface area (TPSA) is 60.9 Å². The van der Waals surface area contributed by atoms with Gasteiger partial charge in [-0.25, -0.2) is 4.79 Å². The summed E-state index contributed by atoms with van der Waals surface area (Å²) < 4.78 is 0. The van der Waals surface area contributed by atoms with Crippen molar-refractivity contribution < 1.29 is 14.7 Å². The lowest BCUT2D eigenvalue weighted by molar-refractivity contribution is -0.138. The molecule has 0 aromatic heterocycles. The predicted octanol–water partition coefficient (Wildman–Crippen LogP) is 1.63. The molecule has 0 rings (SSSR count). The molecule has 0 spiro atoms. The Morgan fingerprint density at radius 1 is 1.25 bits per heavy atom. The zero-order valence-corrected chi connectivity index (χ0v) is 10.9. The number of aliphatic carboxylic acids is 1. The van der Waals surface area contributed by atoms with Gasteiger partial charge in [0.05, 0.1) is 0 Å². The lowest BCUT2D eigenvalue weighted by atomic mass is 10.1. The highest BCUT2D eigenvalue weighted by Gasteiger charge is 2.31. The lowest BCUT2D eigenvalue weighted by Crippen LogP contribution is -2.54. The van der Waals surface area contributed by atoms with Crippen LogP contribution in [-0.4, -0.2) is 52.1 Å². The summed E-state index contributed by atoms with van der Waals surface area (Å²) in [6.07, 6.45) is 0. The third-order valence-corrected chi connectivity index (χ3v) is 2.41. The average Bonchev–Trinajstić information content (AvgIpc) is 2.09. The fourth-order valence-corrected chi connectivity index (χ4v) is 1.14. The molecule has 0 aliphatic heterocycles. The monoisotopic (exact) mass is 230 g/mol. The normalized spacial score (nSPS) is 11.4. The Morgan fingerprint density at radius 2 is 1.69 bits per heavy atom. The lowest BCUT2D eigenvalue weighted by Gasteiger charge is -2.38. The van der Waals surface area contributed by atoms with Crippen LogP contribution in [0.15, 0.2) is 0 Å². The maximum atomic E-state index is 12.1. The third kappa shape index (κ3) is 4.08. The van der Waals surface area contributed by atoms with Crippen LogP contribution in [0.5, 0.6) is 0 Å². The molecule has 0 unspecified atom stereocenters. The summed E-state index contributed by atoms with van der Waals surface area (Å²) >= 11 is 0. The number of carboxylic acid groups (broad SMARTS) is 1. The molecule has 0 saturated carbocycles. The van der Waals surface area contributed by atoms with E-state index in [4.69, 9.17) is 5.11 Å². The summed E-state index contributed by atoms with van der Waals surface area (Å²) in [7, 11) is 1.67. The largest absolute Gasteiger partial charge is 0.480 e. The number of urea groups is 1. The molecular formula is C11H22N2O3. The summed E-state index contributed by atoms with van der Waals surface area (Å²) in [5.74, 6) is -1.000. The van der Waals surface area contributed by atoms with Crippen molar-refractivity contribution in [2.24, 2.45) is 0 Å². The summed E-state index contributed by atoms with van der Waals surface area (Å²) in [6, 6.07) is -0.212. The van der Waals surface area contributed by atoms with Gasteiger partial charge in [0.15, 0.2) is 0 Å².